The topological polar surface area (TPSA) is 85.3 Å². The molecule has 1 aliphatic heterocycles. The largest absolute Gasteiger partial charge is 0.394 e. The van der Waals surface area contributed by atoms with Crippen molar-refractivity contribution in [2.75, 3.05) is 33.8 Å². The van der Waals surface area contributed by atoms with Gasteiger partial charge in [0.15, 0.2) is 0 Å². The van der Waals surface area contributed by atoms with Gasteiger partial charge in [0.05, 0.1) is 12.7 Å². The number of carbonyl (C=O) groups excluding carboxylic acids is 1. The number of aliphatic hydroxyl groups excluding tert-OH is 2. The van der Waals surface area contributed by atoms with Gasteiger partial charge in [-0.2, -0.15) is 5.06 Å². The Kier molecular flexibility index (Phi) is 9.83. The first kappa shape index (κ1) is 27.3. The Hall–Kier alpha value is -2.29. The summed E-state index contributed by atoms with van der Waals surface area (Å²) in [6, 6.07) is 16.0. The summed E-state index contributed by atoms with van der Waals surface area (Å²) in [6.45, 7) is 7.87. The van der Waals surface area contributed by atoms with Crippen molar-refractivity contribution in [3.8, 4) is 11.1 Å². The van der Waals surface area contributed by atoms with E-state index in [9.17, 15) is 15.0 Å². The van der Waals surface area contributed by atoms with Crippen LogP contribution in [0.4, 0.5) is 0 Å². The maximum absolute atomic E-state index is 13.0. The third-order valence-electron chi connectivity index (χ3n) is 6.40. The highest BCUT2D eigenvalue weighted by molar-refractivity contribution is 5.95. The Morgan fingerprint density at radius 1 is 1.14 bits per heavy atom. The van der Waals surface area contributed by atoms with Crippen LogP contribution in [0.2, 0.25) is 0 Å². The normalized spacial score (nSPS) is 20.4. The van der Waals surface area contributed by atoms with Crippen molar-refractivity contribution >= 4 is 5.91 Å². The monoisotopic (exact) mass is 483 g/mol. The summed E-state index contributed by atoms with van der Waals surface area (Å²) in [4.78, 5) is 21.0. The van der Waals surface area contributed by atoms with Gasteiger partial charge in [0.2, 0.25) is 0 Å². The molecular weight excluding hydrogens is 442 g/mol. The van der Waals surface area contributed by atoms with Crippen LogP contribution in [0.3, 0.4) is 0 Å². The lowest BCUT2D eigenvalue weighted by Gasteiger charge is -2.24. The van der Waals surface area contributed by atoms with Gasteiger partial charge in [0.1, 0.15) is 6.10 Å². The first-order valence-corrected chi connectivity index (χ1v) is 12.5. The molecule has 1 amide bonds. The second-order valence-corrected chi connectivity index (χ2v) is 10.4. The number of carbonyl (C=O) groups is 1. The quantitative estimate of drug-likeness (QED) is 0.455. The summed E-state index contributed by atoms with van der Waals surface area (Å²) in [7, 11) is 4.05. The van der Waals surface area contributed by atoms with Crippen LogP contribution in [0.25, 0.3) is 11.1 Å². The Morgan fingerprint density at radius 2 is 1.83 bits per heavy atom. The predicted octanol–water partition coefficient (Wildman–Crippen LogP) is 3.16. The molecule has 35 heavy (non-hydrogen) atoms. The van der Waals surface area contributed by atoms with Gasteiger partial charge < -0.3 is 20.4 Å². The maximum Gasteiger partial charge on any atom is 0.251 e. The van der Waals surface area contributed by atoms with Gasteiger partial charge in [-0.15, -0.1) is 0 Å². The Balaban J connectivity index is 1.71. The van der Waals surface area contributed by atoms with Crippen molar-refractivity contribution in [3.05, 3.63) is 59.7 Å². The molecule has 192 valence electrons. The van der Waals surface area contributed by atoms with E-state index in [0.29, 0.717) is 24.6 Å². The molecule has 3 N–H and O–H groups in total. The zero-order valence-corrected chi connectivity index (χ0v) is 21.6. The van der Waals surface area contributed by atoms with Crippen molar-refractivity contribution in [1.29, 1.82) is 0 Å². The molecule has 0 spiro atoms. The Morgan fingerprint density at radius 3 is 2.43 bits per heavy atom. The number of nitrogens with one attached hydrogen (secondary N) is 1. The average Bonchev–Trinajstić information content (AvgIpc) is 3.21. The molecule has 0 bridgehead atoms. The minimum atomic E-state index is -0.546. The number of likely N-dealkylation sites (N-methyl/N-ethyl adjacent to an activating group) is 1. The van der Waals surface area contributed by atoms with Crippen LogP contribution in [-0.4, -0.2) is 78.1 Å². The van der Waals surface area contributed by atoms with E-state index in [-0.39, 0.29) is 30.6 Å². The summed E-state index contributed by atoms with van der Waals surface area (Å²) in [5.74, 6) is 0.322. The van der Waals surface area contributed by atoms with Crippen LogP contribution in [0, 0.1) is 11.8 Å². The number of benzene rings is 2. The molecule has 0 aromatic heterocycles. The Bertz CT molecular complexity index is 953. The Labute approximate surface area is 209 Å². The fourth-order valence-electron chi connectivity index (χ4n) is 4.75. The molecule has 7 heteroatoms. The van der Waals surface area contributed by atoms with Gasteiger partial charge in [-0.1, -0.05) is 44.2 Å². The van der Waals surface area contributed by atoms with Gasteiger partial charge in [0, 0.05) is 37.2 Å². The van der Waals surface area contributed by atoms with E-state index in [1.165, 1.54) is 0 Å². The zero-order valence-electron chi connectivity index (χ0n) is 21.6. The van der Waals surface area contributed by atoms with Crippen LogP contribution in [0.15, 0.2) is 48.5 Å². The van der Waals surface area contributed by atoms with Crippen LogP contribution >= 0.6 is 0 Å². The molecular formula is C28H41N3O4. The molecule has 2 aromatic rings. The van der Waals surface area contributed by atoms with Gasteiger partial charge in [0.25, 0.3) is 5.91 Å². The third kappa shape index (κ3) is 7.85. The number of hydrogen-bond donors (Lipinski definition) is 3. The van der Waals surface area contributed by atoms with E-state index in [0.717, 1.165) is 29.7 Å². The van der Waals surface area contributed by atoms with Crippen molar-refractivity contribution in [3.63, 3.8) is 0 Å². The molecule has 0 unspecified atom stereocenters. The number of hydroxylamine groups is 2. The lowest BCUT2D eigenvalue weighted by Crippen LogP contribution is -2.42. The summed E-state index contributed by atoms with van der Waals surface area (Å²) in [5, 5.41) is 24.6. The molecule has 0 radical (unpaired) electrons. The fourth-order valence-corrected chi connectivity index (χ4v) is 4.75. The molecule has 4 atom stereocenters. The standard InChI is InChI=1S/C28H41N3O4/c1-19(2)12-25(16-30(4)5)29-28(34)24-11-7-10-23(14-24)22-9-6-8-21(13-22)15-31-17-26(20(3)33)27(18-32)35-31/h6-11,13-14,19-20,25-27,32-33H,12,15-18H2,1-5H3,(H,29,34)/t20-,25+,26+,27-/m0/s1. The van der Waals surface area contributed by atoms with E-state index in [1.807, 2.05) is 56.6 Å². The van der Waals surface area contributed by atoms with Crippen LogP contribution in [0.1, 0.15) is 43.1 Å². The van der Waals surface area contributed by atoms with Gasteiger partial charge in [-0.3, -0.25) is 9.63 Å². The van der Waals surface area contributed by atoms with Gasteiger partial charge in [-0.05, 0) is 68.2 Å². The van der Waals surface area contributed by atoms with E-state index in [4.69, 9.17) is 4.84 Å². The van der Waals surface area contributed by atoms with Crippen molar-refractivity contribution in [2.24, 2.45) is 11.8 Å². The number of aliphatic hydroxyl groups is 2. The maximum atomic E-state index is 13.0. The van der Waals surface area contributed by atoms with Crippen molar-refractivity contribution in [2.45, 2.75) is 52.0 Å². The molecule has 1 fully saturated rings. The fraction of sp³-hybridized carbons (Fsp3) is 0.536. The lowest BCUT2D eigenvalue weighted by atomic mass is 9.98. The molecule has 0 aliphatic carbocycles. The molecule has 2 aromatic carbocycles. The zero-order chi connectivity index (χ0) is 25.5. The van der Waals surface area contributed by atoms with Crippen LogP contribution in [0.5, 0.6) is 0 Å². The van der Waals surface area contributed by atoms with E-state index >= 15 is 0 Å². The SMILES string of the molecule is CC(C)C[C@H](CN(C)C)NC(=O)c1cccc(-c2cccc(CN3C[C@H]([C@H](C)O)[C@H](CO)O3)c2)c1. The average molecular weight is 484 g/mol. The van der Waals surface area contributed by atoms with E-state index in [2.05, 4.69) is 30.1 Å². The molecule has 1 saturated heterocycles. The lowest BCUT2D eigenvalue weighted by molar-refractivity contribution is -0.164. The first-order valence-electron chi connectivity index (χ1n) is 12.5. The molecule has 3 rings (SSSR count). The number of hydrogen-bond acceptors (Lipinski definition) is 6. The van der Waals surface area contributed by atoms with E-state index < -0.39 is 6.10 Å². The second kappa shape index (κ2) is 12.6. The van der Waals surface area contributed by atoms with Crippen molar-refractivity contribution in [1.82, 2.24) is 15.3 Å². The number of nitrogens with zero attached hydrogens (tertiary/aromatic N) is 2. The van der Waals surface area contributed by atoms with Crippen LogP contribution in [-0.2, 0) is 11.4 Å². The summed E-state index contributed by atoms with van der Waals surface area (Å²) < 4.78 is 0. The molecule has 7 nitrogen and oxygen atoms in total. The highest BCUT2D eigenvalue weighted by Gasteiger charge is 2.36. The highest BCUT2D eigenvalue weighted by Crippen LogP contribution is 2.27. The van der Waals surface area contributed by atoms with Crippen LogP contribution < -0.4 is 5.32 Å². The third-order valence-corrected chi connectivity index (χ3v) is 6.40. The second-order valence-electron chi connectivity index (χ2n) is 10.4. The molecule has 1 heterocycles. The minimum Gasteiger partial charge on any atom is -0.394 e. The number of amides is 1. The first-order chi connectivity index (χ1) is 16.7. The summed E-state index contributed by atoms with van der Waals surface area (Å²) in [6.07, 6.45) is -0.00675. The van der Waals surface area contributed by atoms with E-state index in [1.54, 1.807) is 12.0 Å². The summed E-state index contributed by atoms with van der Waals surface area (Å²) in [5.41, 5.74) is 3.70. The van der Waals surface area contributed by atoms with Crippen molar-refractivity contribution < 1.29 is 19.8 Å². The smallest absolute Gasteiger partial charge is 0.251 e. The predicted molar refractivity (Wildman–Crippen MR) is 139 cm³/mol. The summed E-state index contributed by atoms with van der Waals surface area (Å²) >= 11 is 0. The highest BCUT2D eigenvalue weighted by atomic mass is 16.7. The molecule has 0 saturated carbocycles. The number of rotatable bonds is 11. The van der Waals surface area contributed by atoms with Gasteiger partial charge in [-0.25, -0.2) is 0 Å². The molecule has 1 aliphatic rings. The minimum absolute atomic E-state index is 0.0554. The van der Waals surface area contributed by atoms with Gasteiger partial charge >= 0.3 is 0 Å².